The number of piperidine rings is 1. The first kappa shape index (κ1) is 17.9. The fourth-order valence-corrected chi connectivity index (χ4v) is 7.78. The lowest BCUT2D eigenvalue weighted by molar-refractivity contribution is -0.0432. The van der Waals surface area contributed by atoms with Crippen molar-refractivity contribution in [3.63, 3.8) is 0 Å². The first-order chi connectivity index (χ1) is 15.0. The minimum Gasteiger partial charge on any atom is -0.504 e. The van der Waals surface area contributed by atoms with Gasteiger partial charge in [-0.1, -0.05) is 43.3 Å². The molecule has 158 valence electrons. The van der Waals surface area contributed by atoms with E-state index in [-0.39, 0.29) is 17.3 Å². The number of aromatic nitrogens is 1. The van der Waals surface area contributed by atoms with Crippen molar-refractivity contribution in [1.29, 1.82) is 0 Å². The van der Waals surface area contributed by atoms with E-state index in [4.69, 9.17) is 4.74 Å². The largest absolute Gasteiger partial charge is 0.504 e. The molecule has 2 aliphatic carbocycles. The molecule has 1 aromatic heterocycles. The van der Waals surface area contributed by atoms with E-state index < -0.39 is 0 Å². The van der Waals surface area contributed by atoms with Crippen LogP contribution in [0.1, 0.15) is 54.7 Å². The molecule has 0 amide bonds. The Morgan fingerprint density at radius 1 is 1.29 bits per heavy atom. The molecule has 0 radical (unpaired) electrons. The number of ether oxygens (including phenoxy) is 1. The lowest BCUT2D eigenvalue weighted by atomic mass is 9.49. The second-order valence-corrected chi connectivity index (χ2v) is 10.2. The average molecular weight is 413 g/mol. The number of hydrogen-bond acceptors (Lipinski definition) is 3. The summed E-state index contributed by atoms with van der Waals surface area (Å²) >= 11 is 0. The molecule has 3 heterocycles. The minimum absolute atomic E-state index is 0.0621. The van der Waals surface area contributed by atoms with Crippen LogP contribution in [0.4, 0.5) is 0 Å². The van der Waals surface area contributed by atoms with Gasteiger partial charge in [0.2, 0.25) is 0 Å². The molecule has 2 aromatic carbocycles. The Labute approximate surface area is 182 Å². The lowest BCUT2D eigenvalue weighted by Crippen LogP contribution is -2.63. The van der Waals surface area contributed by atoms with E-state index in [2.05, 4.69) is 60.6 Å². The molecule has 7 rings (SSSR count). The Hall–Kier alpha value is -2.72. The number of fused-ring (bicyclic) bond motifs is 4. The summed E-state index contributed by atoms with van der Waals surface area (Å²) in [6.45, 7) is 10.8. The SMILES string of the molecule is C=C(C)CN1CC[C@]23c4c5ccc(O)c4O[C@@H]2c2[nH]c4ccccc4c2C(C)[C@H]3[C@H]1C5. The molecule has 2 aliphatic heterocycles. The van der Waals surface area contributed by atoms with Crippen molar-refractivity contribution in [2.45, 2.75) is 50.2 Å². The maximum absolute atomic E-state index is 10.8. The number of nitrogens with one attached hydrogen (secondary N) is 1. The standard InChI is InChI=1S/C27H28N2O2/c1-14(2)13-29-11-10-27-22-15(3)21-17-6-4-5-7-18(17)28-24(21)26(27)31-25-20(30)9-8-16(23(25)27)12-19(22)29/h4-9,15,19,22,26,28,30H,1,10-13H2,2-3H3/t15?,19-,22+,26-,27+/m1/s1. The Balaban J connectivity index is 1.54. The highest BCUT2D eigenvalue weighted by Crippen LogP contribution is 2.70. The lowest BCUT2D eigenvalue weighted by Gasteiger charge is -2.60. The van der Waals surface area contributed by atoms with Gasteiger partial charge in [0.15, 0.2) is 11.5 Å². The zero-order chi connectivity index (χ0) is 21.1. The molecule has 1 spiro atoms. The summed E-state index contributed by atoms with van der Waals surface area (Å²) in [6.07, 6.45) is 2.00. The number of rotatable bonds is 2. The molecule has 1 saturated heterocycles. The van der Waals surface area contributed by atoms with Gasteiger partial charge in [-0.3, -0.25) is 4.90 Å². The van der Waals surface area contributed by atoms with E-state index in [1.165, 1.54) is 38.9 Å². The first-order valence-electron chi connectivity index (χ1n) is 11.5. The zero-order valence-electron chi connectivity index (χ0n) is 18.1. The number of aromatic amines is 1. The van der Waals surface area contributed by atoms with Gasteiger partial charge in [-0.25, -0.2) is 0 Å². The van der Waals surface area contributed by atoms with Crippen LogP contribution in [0.15, 0.2) is 48.6 Å². The number of aromatic hydroxyl groups is 1. The molecule has 2 bridgehead atoms. The molecular formula is C27H28N2O2. The number of H-pyrrole nitrogens is 1. The normalized spacial score (nSPS) is 32.5. The van der Waals surface area contributed by atoms with Crippen LogP contribution in [0.2, 0.25) is 0 Å². The Bertz CT molecular complexity index is 1270. The Morgan fingerprint density at radius 3 is 2.97 bits per heavy atom. The molecule has 1 fully saturated rings. The maximum Gasteiger partial charge on any atom is 0.166 e. The molecule has 0 saturated carbocycles. The first-order valence-corrected chi connectivity index (χ1v) is 11.5. The van der Waals surface area contributed by atoms with Crippen molar-refractivity contribution in [2.75, 3.05) is 13.1 Å². The van der Waals surface area contributed by atoms with E-state index in [1.807, 2.05) is 6.07 Å². The van der Waals surface area contributed by atoms with Gasteiger partial charge < -0.3 is 14.8 Å². The second-order valence-electron chi connectivity index (χ2n) is 10.2. The van der Waals surface area contributed by atoms with Crippen molar-refractivity contribution in [2.24, 2.45) is 5.92 Å². The molecule has 4 aliphatic rings. The van der Waals surface area contributed by atoms with Crippen molar-refractivity contribution in [3.05, 3.63) is 70.9 Å². The third kappa shape index (κ3) is 2.00. The summed E-state index contributed by atoms with van der Waals surface area (Å²) < 4.78 is 6.71. The predicted octanol–water partition coefficient (Wildman–Crippen LogP) is 5.18. The van der Waals surface area contributed by atoms with Crippen molar-refractivity contribution >= 4 is 10.9 Å². The molecule has 1 unspecified atom stereocenters. The maximum atomic E-state index is 10.8. The van der Waals surface area contributed by atoms with Crippen LogP contribution in [0.3, 0.4) is 0 Å². The summed E-state index contributed by atoms with van der Waals surface area (Å²) in [6, 6.07) is 13.1. The van der Waals surface area contributed by atoms with Crippen LogP contribution in [0.25, 0.3) is 10.9 Å². The van der Waals surface area contributed by atoms with Gasteiger partial charge in [0, 0.05) is 34.5 Å². The molecule has 4 heteroatoms. The van der Waals surface area contributed by atoms with Gasteiger partial charge in [0.1, 0.15) is 6.10 Å². The molecule has 2 N–H and O–H groups in total. The van der Waals surface area contributed by atoms with Crippen LogP contribution >= 0.6 is 0 Å². The van der Waals surface area contributed by atoms with Gasteiger partial charge in [-0.05, 0) is 61.4 Å². The molecule has 3 aromatic rings. The van der Waals surface area contributed by atoms with Crippen molar-refractivity contribution in [3.8, 4) is 11.5 Å². The summed E-state index contributed by atoms with van der Waals surface area (Å²) in [7, 11) is 0. The third-order valence-corrected chi connectivity index (χ3v) is 8.62. The quantitative estimate of drug-likeness (QED) is 0.570. The minimum atomic E-state index is -0.0782. The summed E-state index contributed by atoms with van der Waals surface area (Å²) in [5, 5.41) is 12.1. The fourth-order valence-electron chi connectivity index (χ4n) is 7.78. The number of benzene rings is 2. The molecular weight excluding hydrogens is 384 g/mol. The number of phenolic OH excluding ortho intramolecular Hbond substituents is 1. The van der Waals surface area contributed by atoms with Crippen LogP contribution in [0.5, 0.6) is 11.5 Å². The van der Waals surface area contributed by atoms with Crippen molar-refractivity contribution < 1.29 is 9.84 Å². The predicted molar refractivity (Wildman–Crippen MR) is 122 cm³/mol. The van der Waals surface area contributed by atoms with E-state index in [0.29, 0.717) is 17.9 Å². The highest BCUT2D eigenvalue weighted by Gasteiger charge is 2.67. The van der Waals surface area contributed by atoms with Gasteiger partial charge in [0.25, 0.3) is 0 Å². The summed E-state index contributed by atoms with van der Waals surface area (Å²) in [5.74, 6) is 1.88. The number of likely N-dealkylation sites (tertiary alicyclic amines) is 1. The van der Waals surface area contributed by atoms with Crippen LogP contribution in [0, 0.1) is 5.92 Å². The average Bonchev–Trinajstić information content (AvgIpc) is 3.29. The second kappa shape index (κ2) is 5.74. The number of hydrogen-bond donors (Lipinski definition) is 2. The Morgan fingerprint density at radius 2 is 2.13 bits per heavy atom. The monoisotopic (exact) mass is 412 g/mol. The van der Waals surface area contributed by atoms with Gasteiger partial charge in [-0.2, -0.15) is 0 Å². The number of nitrogens with zero attached hydrogens (tertiary/aromatic N) is 1. The van der Waals surface area contributed by atoms with E-state index in [0.717, 1.165) is 31.7 Å². The summed E-state index contributed by atoms with van der Waals surface area (Å²) in [4.78, 5) is 6.41. The van der Waals surface area contributed by atoms with Crippen LogP contribution in [-0.2, 0) is 11.8 Å². The highest BCUT2D eigenvalue weighted by atomic mass is 16.5. The van der Waals surface area contributed by atoms with Crippen molar-refractivity contribution in [1.82, 2.24) is 9.88 Å². The zero-order valence-corrected chi connectivity index (χ0v) is 18.1. The smallest absolute Gasteiger partial charge is 0.166 e. The number of phenols is 1. The number of para-hydroxylation sites is 1. The van der Waals surface area contributed by atoms with E-state index in [9.17, 15) is 5.11 Å². The van der Waals surface area contributed by atoms with Gasteiger partial charge in [-0.15, -0.1) is 0 Å². The summed E-state index contributed by atoms with van der Waals surface area (Å²) in [5.41, 5.74) is 7.63. The molecule has 5 atom stereocenters. The van der Waals surface area contributed by atoms with E-state index in [1.54, 1.807) is 0 Å². The molecule has 4 nitrogen and oxygen atoms in total. The van der Waals surface area contributed by atoms with Gasteiger partial charge in [0.05, 0.1) is 5.69 Å². The van der Waals surface area contributed by atoms with Gasteiger partial charge >= 0.3 is 0 Å². The molecule has 31 heavy (non-hydrogen) atoms. The highest BCUT2D eigenvalue weighted by molar-refractivity contribution is 5.86. The topological polar surface area (TPSA) is 48.5 Å². The van der Waals surface area contributed by atoms with E-state index >= 15 is 0 Å². The Kier molecular flexibility index (Phi) is 3.32. The van der Waals surface area contributed by atoms with Crippen LogP contribution in [-0.4, -0.2) is 34.1 Å². The fraction of sp³-hybridized carbons (Fsp3) is 0.407. The third-order valence-electron chi connectivity index (χ3n) is 8.62. The van der Waals surface area contributed by atoms with Crippen LogP contribution < -0.4 is 4.74 Å².